The molecule has 4 nitrogen and oxygen atoms in total. The van der Waals surface area contributed by atoms with Crippen LogP contribution in [0.15, 0.2) is 11.1 Å². The third-order valence-electron chi connectivity index (χ3n) is 4.92. The van der Waals surface area contributed by atoms with Crippen molar-refractivity contribution in [1.82, 2.24) is 0 Å². The minimum Gasteiger partial charge on any atom is -0.465 e. The lowest BCUT2D eigenvalue weighted by Gasteiger charge is -2.30. The van der Waals surface area contributed by atoms with E-state index < -0.39 is 5.92 Å². The topological polar surface area (TPSA) is 52.6 Å². The number of hydrogen-bond acceptors (Lipinski definition) is 4. The van der Waals surface area contributed by atoms with E-state index in [-0.39, 0.29) is 17.9 Å². The molecule has 1 saturated carbocycles. The normalized spacial score (nSPS) is 16.2. The van der Waals surface area contributed by atoms with Crippen molar-refractivity contribution in [1.29, 1.82) is 0 Å². The molecule has 0 bridgehead atoms. The summed E-state index contributed by atoms with van der Waals surface area (Å²) >= 11 is 0. The quantitative estimate of drug-likeness (QED) is 0.308. The summed E-state index contributed by atoms with van der Waals surface area (Å²) in [7, 11) is 0. The highest BCUT2D eigenvalue weighted by Gasteiger charge is 2.38. The molecule has 1 aliphatic carbocycles. The molecule has 25 heavy (non-hydrogen) atoms. The zero-order valence-corrected chi connectivity index (χ0v) is 16.6. The molecule has 1 fully saturated rings. The fourth-order valence-corrected chi connectivity index (χ4v) is 3.45. The number of rotatable bonds is 10. The molecule has 4 heteroatoms. The first-order valence-electron chi connectivity index (χ1n) is 10.0. The SMILES string of the molecule is CCCCOC(=O)C(=C(C)C)C(C(=O)OCCCC)C1CCCCC1. The Hall–Kier alpha value is -1.32. The summed E-state index contributed by atoms with van der Waals surface area (Å²) in [6.07, 6.45) is 9.05. The van der Waals surface area contributed by atoms with Gasteiger partial charge in [-0.25, -0.2) is 4.79 Å². The predicted octanol–water partition coefficient (Wildman–Crippen LogP) is 5.21. The van der Waals surface area contributed by atoms with Crippen LogP contribution >= 0.6 is 0 Å². The lowest BCUT2D eigenvalue weighted by molar-refractivity contribution is -0.153. The van der Waals surface area contributed by atoms with E-state index in [2.05, 4.69) is 13.8 Å². The molecule has 1 aliphatic rings. The van der Waals surface area contributed by atoms with Gasteiger partial charge in [-0.2, -0.15) is 0 Å². The van der Waals surface area contributed by atoms with Gasteiger partial charge in [-0.1, -0.05) is 51.5 Å². The number of carbonyl (C=O) groups excluding carboxylic acids is 2. The molecular weight excluding hydrogens is 316 g/mol. The van der Waals surface area contributed by atoms with Crippen LogP contribution in [0.1, 0.15) is 85.5 Å². The Labute approximate surface area is 153 Å². The lowest BCUT2D eigenvalue weighted by Crippen LogP contribution is -2.33. The molecule has 0 aliphatic heterocycles. The van der Waals surface area contributed by atoms with E-state index >= 15 is 0 Å². The maximum atomic E-state index is 12.8. The molecule has 0 amide bonds. The number of esters is 2. The average Bonchev–Trinajstić information content (AvgIpc) is 2.60. The Morgan fingerprint density at radius 3 is 2.00 bits per heavy atom. The first kappa shape index (κ1) is 21.7. The van der Waals surface area contributed by atoms with Gasteiger partial charge in [0.25, 0.3) is 0 Å². The molecule has 0 spiro atoms. The van der Waals surface area contributed by atoms with Crippen LogP contribution in [0.5, 0.6) is 0 Å². The largest absolute Gasteiger partial charge is 0.465 e. The number of carbonyl (C=O) groups is 2. The van der Waals surface area contributed by atoms with Crippen molar-refractivity contribution in [3.63, 3.8) is 0 Å². The van der Waals surface area contributed by atoms with Crippen LogP contribution in [0.4, 0.5) is 0 Å². The fourth-order valence-electron chi connectivity index (χ4n) is 3.45. The second-order valence-electron chi connectivity index (χ2n) is 7.30. The fraction of sp³-hybridized carbons (Fsp3) is 0.810. The molecule has 0 aromatic carbocycles. The summed E-state index contributed by atoms with van der Waals surface area (Å²) in [5.41, 5.74) is 1.40. The van der Waals surface area contributed by atoms with Crippen LogP contribution in [0, 0.1) is 11.8 Å². The number of unbranched alkanes of at least 4 members (excludes halogenated alkanes) is 2. The summed E-state index contributed by atoms with van der Waals surface area (Å²) in [6.45, 7) is 8.76. The van der Waals surface area contributed by atoms with Gasteiger partial charge in [0.1, 0.15) is 0 Å². The van der Waals surface area contributed by atoms with E-state index in [9.17, 15) is 9.59 Å². The first-order chi connectivity index (χ1) is 12.0. The summed E-state index contributed by atoms with van der Waals surface area (Å²) in [5, 5.41) is 0. The Morgan fingerprint density at radius 2 is 1.48 bits per heavy atom. The molecule has 0 N–H and O–H groups in total. The highest BCUT2D eigenvalue weighted by molar-refractivity contribution is 5.96. The zero-order valence-electron chi connectivity index (χ0n) is 16.6. The van der Waals surface area contributed by atoms with Crippen LogP contribution in [0.3, 0.4) is 0 Å². The Morgan fingerprint density at radius 1 is 0.920 bits per heavy atom. The average molecular weight is 353 g/mol. The van der Waals surface area contributed by atoms with Crippen molar-refractivity contribution in [2.75, 3.05) is 13.2 Å². The molecule has 1 rings (SSSR count). The van der Waals surface area contributed by atoms with Crippen LogP contribution in [-0.4, -0.2) is 25.2 Å². The zero-order chi connectivity index (χ0) is 18.7. The van der Waals surface area contributed by atoms with Crippen molar-refractivity contribution in [2.45, 2.75) is 85.5 Å². The number of hydrogen-bond donors (Lipinski definition) is 0. The Balaban J connectivity index is 2.97. The van der Waals surface area contributed by atoms with Crippen molar-refractivity contribution in [3.05, 3.63) is 11.1 Å². The minimum atomic E-state index is -0.476. The Bertz CT molecular complexity index is 443. The highest BCUT2D eigenvalue weighted by atomic mass is 16.5. The van der Waals surface area contributed by atoms with Crippen LogP contribution in [0.2, 0.25) is 0 Å². The lowest BCUT2D eigenvalue weighted by atomic mass is 9.75. The highest BCUT2D eigenvalue weighted by Crippen LogP contribution is 2.36. The van der Waals surface area contributed by atoms with Crippen molar-refractivity contribution < 1.29 is 19.1 Å². The molecule has 0 saturated heterocycles. The van der Waals surface area contributed by atoms with E-state index in [1.54, 1.807) is 0 Å². The van der Waals surface area contributed by atoms with E-state index in [1.165, 1.54) is 6.42 Å². The standard InChI is InChI=1S/C21H36O4/c1-5-7-14-24-20(22)18(16(3)4)19(17-12-10-9-11-13-17)21(23)25-15-8-6-2/h17,19H,5-15H2,1-4H3. The smallest absolute Gasteiger partial charge is 0.334 e. The summed E-state index contributed by atoms with van der Waals surface area (Å²) in [6, 6.07) is 0. The number of allylic oxidation sites excluding steroid dienone is 1. The maximum Gasteiger partial charge on any atom is 0.334 e. The molecule has 0 radical (unpaired) electrons. The van der Waals surface area contributed by atoms with Crippen molar-refractivity contribution in [2.24, 2.45) is 11.8 Å². The first-order valence-corrected chi connectivity index (χ1v) is 10.0. The van der Waals surface area contributed by atoms with Crippen LogP contribution < -0.4 is 0 Å². The molecule has 1 atom stereocenters. The van der Waals surface area contributed by atoms with E-state index in [1.807, 2.05) is 13.8 Å². The maximum absolute atomic E-state index is 12.8. The summed E-state index contributed by atoms with van der Waals surface area (Å²) in [5.74, 6) is -0.872. The van der Waals surface area contributed by atoms with Gasteiger partial charge in [0, 0.05) is 0 Å². The van der Waals surface area contributed by atoms with Gasteiger partial charge in [-0.05, 0) is 45.4 Å². The Kier molecular flexibility index (Phi) is 10.5. The van der Waals surface area contributed by atoms with E-state index in [4.69, 9.17) is 9.47 Å². The third kappa shape index (κ3) is 7.21. The minimum absolute atomic E-state index is 0.187. The molecule has 1 unspecified atom stereocenters. The predicted molar refractivity (Wildman–Crippen MR) is 100 cm³/mol. The molecule has 0 heterocycles. The van der Waals surface area contributed by atoms with Crippen LogP contribution in [-0.2, 0) is 19.1 Å². The van der Waals surface area contributed by atoms with Crippen LogP contribution in [0.25, 0.3) is 0 Å². The second-order valence-corrected chi connectivity index (χ2v) is 7.30. The van der Waals surface area contributed by atoms with Gasteiger partial charge in [0.05, 0.1) is 24.7 Å². The van der Waals surface area contributed by atoms with Crippen molar-refractivity contribution in [3.8, 4) is 0 Å². The molecule has 0 aromatic rings. The van der Waals surface area contributed by atoms with E-state index in [0.29, 0.717) is 18.8 Å². The van der Waals surface area contributed by atoms with Gasteiger partial charge < -0.3 is 9.47 Å². The second kappa shape index (κ2) is 12.1. The van der Waals surface area contributed by atoms with Gasteiger partial charge in [-0.3, -0.25) is 4.79 Å². The molecule has 0 aromatic heterocycles. The van der Waals surface area contributed by atoms with Gasteiger partial charge in [-0.15, -0.1) is 0 Å². The third-order valence-corrected chi connectivity index (χ3v) is 4.92. The summed E-state index contributed by atoms with van der Waals surface area (Å²) in [4.78, 5) is 25.5. The molecule has 144 valence electrons. The van der Waals surface area contributed by atoms with Crippen molar-refractivity contribution >= 4 is 11.9 Å². The van der Waals surface area contributed by atoms with Gasteiger partial charge in [0.15, 0.2) is 0 Å². The number of ether oxygens (including phenoxy) is 2. The summed E-state index contributed by atoms with van der Waals surface area (Å²) < 4.78 is 11.0. The monoisotopic (exact) mass is 352 g/mol. The van der Waals surface area contributed by atoms with Gasteiger partial charge in [0.2, 0.25) is 0 Å². The molecular formula is C21H36O4. The van der Waals surface area contributed by atoms with E-state index in [0.717, 1.165) is 56.9 Å². The van der Waals surface area contributed by atoms with Gasteiger partial charge >= 0.3 is 11.9 Å².